The smallest absolute Gasteiger partial charge is 0.119 e. The summed E-state index contributed by atoms with van der Waals surface area (Å²) in [5.41, 5.74) is 2.33. The van der Waals surface area contributed by atoms with Crippen LogP contribution in [0.3, 0.4) is 0 Å². The number of aryl methyl sites for hydroxylation is 1. The van der Waals surface area contributed by atoms with E-state index in [2.05, 4.69) is 78.0 Å². The summed E-state index contributed by atoms with van der Waals surface area (Å²) in [6.07, 6.45) is 12.2. The molecule has 4 heterocycles. The zero-order valence-electron chi connectivity index (χ0n) is 19.6. The van der Waals surface area contributed by atoms with E-state index >= 15 is 0 Å². The van der Waals surface area contributed by atoms with Crippen molar-refractivity contribution in [2.24, 2.45) is 0 Å². The summed E-state index contributed by atoms with van der Waals surface area (Å²) in [6, 6.07) is 6.31. The molecule has 1 aromatic carbocycles. The summed E-state index contributed by atoms with van der Waals surface area (Å²) in [6.45, 7) is 6.46. The van der Waals surface area contributed by atoms with Crippen molar-refractivity contribution in [2.45, 2.75) is 110 Å². The Morgan fingerprint density at radius 1 is 0.938 bits per heavy atom. The number of hydrogen-bond donors (Lipinski definition) is 1. The molecule has 1 nitrogen and oxygen atoms in total. The lowest BCUT2D eigenvalue weighted by Crippen LogP contribution is -2.36. The first kappa shape index (κ1) is 26.2. The van der Waals surface area contributed by atoms with Crippen LogP contribution in [-0.4, -0.2) is 37.1 Å². The summed E-state index contributed by atoms with van der Waals surface area (Å²) in [5, 5.41) is 15.0. The standard InChI is InChI=1S/C25H38OS6/c1-25(2,3)19-12-11-17(13-20(19)26)9-7-5-4-6-8-10-21-23(29-21)15-24-22-14-18(28-22)16-27-31-32-30-24/h11-13,18,21-24,26H,4-10,14-16H2,1-3H3. The van der Waals surface area contributed by atoms with Gasteiger partial charge in [-0.2, -0.15) is 23.5 Å². The Labute approximate surface area is 219 Å². The first-order valence-electron chi connectivity index (χ1n) is 12.1. The number of aromatic hydroxyl groups is 1. The minimum absolute atomic E-state index is 0.00513. The van der Waals surface area contributed by atoms with Crippen LogP contribution in [0, 0.1) is 0 Å². The van der Waals surface area contributed by atoms with Gasteiger partial charge in [0.25, 0.3) is 0 Å². The molecule has 4 saturated heterocycles. The number of hydrogen-bond acceptors (Lipinski definition) is 7. The van der Waals surface area contributed by atoms with Crippen molar-refractivity contribution in [1.82, 2.24) is 0 Å². The molecule has 0 radical (unpaired) electrons. The molecule has 0 saturated carbocycles. The maximum atomic E-state index is 10.3. The van der Waals surface area contributed by atoms with Crippen molar-refractivity contribution in [3.63, 3.8) is 0 Å². The van der Waals surface area contributed by atoms with Crippen molar-refractivity contribution in [1.29, 1.82) is 0 Å². The number of benzene rings is 1. The van der Waals surface area contributed by atoms with Crippen LogP contribution in [0.5, 0.6) is 5.75 Å². The average Bonchev–Trinajstić information content (AvgIpc) is 3.40. The minimum atomic E-state index is 0.00513. The van der Waals surface area contributed by atoms with E-state index in [1.165, 1.54) is 62.7 Å². The van der Waals surface area contributed by atoms with Gasteiger partial charge in [0.1, 0.15) is 5.75 Å². The number of unbranched alkanes of at least 4 members (excludes halogenated alkanes) is 4. The SMILES string of the molecule is CC(C)(C)c1ccc(CCCCCCCC2SC2CC2SSSSCC3CC2S3)cc1O. The van der Waals surface area contributed by atoms with Gasteiger partial charge >= 0.3 is 0 Å². The van der Waals surface area contributed by atoms with Crippen LogP contribution in [0.4, 0.5) is 0 Å². The number of rotatable bonds is 10. The van der Waals surface area contributed by atoms with Crippen LogP contribution in [0.25, 0.3) is 0 Å². The largest absolute Gasteiger partial charge is 0.508 e. The van der Waals surface area contributed by atoms with Crippen LogP contribution >= 0.6 is 64.8 Å². The van der Waals surface area contributed by atoms with Gasteiger partial charge in [0.2, 0.25) is 0 Å². The van der Waals surface area contributed by atoms with E-state index in [0.29, 0.717) is 5.75 Å². The molecule has 5 atom stereocenters. The Morgan fingerprint density at radius 2 is 1.72 bits per heavy atom. The van der Waals surface area contributed by atoms with Gasteiger partial charge in [0, 0.05) is 32.0 Å². The summed E-state index contributed by atoms with van der Waals surface area (Å²) in [5.74, 6) is 1.81. The second-order valence-corrected chi connectivity index (χ2v) is 19.7. The molecule has 4 fully saturated rings. The maximum Gasteiger partial charge on any atom is 0.119 e. The molecule has 0 aromatic heterocycles. The molecule has 1 aromatic rings. The van der Waals surface area contributed by atoms with Gasteiger partial charge in [0.15, 0.2) is 0 Å². The van der Waals surface area contributed by atoms with Crippen molar-refractivity contribution < 1.29 is 5.11 Å². The van der Waals surface area contributed by atoms with E-state index in [1.807, 2.05) is 25.7 Å². The van der Waals surface area contributed by atoms with E-state index in [4.69, 9.17) is 0 Å². The number of thioether (sulfide) groups is 2. The van der Waals surface area contributed by atoms with Crippen molar-refractivity contribution >= 4 is 64.8 Å². The quantitative estimate of drug-likeness (QED) is 0.177. The lowest BCUT2D eigenvalue weighted by Gasteiger charge is -2.38. The monoisotopic (exact) mass is 546 g/mol. The van der Waals surface area contributed by atoms with Crippen molar-refractivity contribution in [3.8, 4) is 5.75 Å². The van der Waals surface area contributed by atoms with E-state index in [0.717, 1.165) is 38.2 Å². The van der Waals surface area contributed by atoms with Crippen molar-refractivity contribution in [2.75, 3.05) is 5.75 Å². The molecule has 5 unspecified atom stereocenters. The molecule has 2 bridgehead atoms. The Morgan fingerprint density at radius 3 is 2.50 bits per heavy atom. The fraction of sp³-hybridized carbons (Fsp3) is 0.760. The predicted molar refractivity (Wildman–Crippen MR) is 157 cm³/mol. The Kier molecular flexibility index (Phi) is 10.1. The first-order chi connectivity index (χ1) is 15.4. The Bertz CT molecular complexity index is 730. The molecular formula is C25H38OS6. The third-order valence-electron chi connectivity index (χ3n) is 6.75. The van der Waals surface area contributed by atoms with Crippen LogP contribution in [-0.2, 0) is 11.8 Å². The molecule has 0 amide bonds. The Balaban J connectivity index is 1.04. The fourth-order valence-electron chi connectivity index (χ4n) is 4.73. The molecule has 0 aliphatic carbocycles. The van der Waals surface area contributed by atoms with Crippen molar-refractivity contribution in [3.05, 3.63) is 29.3 Å². The van der Waals surface area contributed by atoms with E-state index < -0.39 is 0 Å². The lowest BCUT2D eigenvalue weighted by atomic mass is 9.85. The van der Waals surface area contributed by atoms with Gasteiger partial charge in [-0.15, -0.1) is 0 Å². The van der Waals surface area contributed by atoms with Gasteiger partial charge in [-0.1, -0.05) is 80.2 Å². The third-order valence-corrected chi connectivity index (χ3v) is 17.2. The minimum Gasteiger partial charge on any atom is -0.508 e. The maximum absolute atomic E-state index is 10.3. The highest BCUT2D eigenvalue weighted by Crippen LogP contribution is 2.58. The molecule has 5 rings (SSSR count). The van der Waals surface area contributed by atoms with E-state index in [9.17, 15) is 5.11 Å². The molecule has 7 heteroatoms. The molecule has 1 N–H and O–H groups in total. The second-order valence-electron chi connectivity index (χ2n) is 10.4. The van der Waals surface area contributed by atoms with Gasteiger partial charge in [-0.25, -0.2) is 0 Å². The van der Waals surface area contributed by atoms with Crippen LogP contribution < -0.4 is 0 Å². The first-order valence-corrected chi connectivity index (χ1v) is 19.1. The summed E-state index contributed by atoms with van der Waals surface area (Å²) in [7, 11) is 8.29. The summed E-state index contributed by atoms with van der Waals surface area (Å²) >= 11 is 4.55. The molecule has 180 valence electrons. The van der Waals surface area contributed by atoms with E-state index in [-0.39, 0.29) is 5.41 Å². The molecule has 4 aliphatic heterocycles. The topological polar surface area (TPSA) is 20.2 Å². The normalized spacial score (nSPS) is 30.2. The molecular weight excluding hydrogens is 509 g/mol. The lowest BCUT2D eigenvalue weighted by molar-refractivity contribution is 0.445. The molecule has 4 aliphatic rings. The Hall–Kier alpha value is 1.12. The summed E-state index contributed by atoms with van der Waals surface area (Å²) < 4.78 is 0. The zero-order chi connectivity index (χ0) is 22.6. The number of phenols is 1. The fourth-order valence-corrected chi connectivity index (χ4v) is 15.3. The van der Waals surface area contributed by atoms with Crippen LogP contribution in [0.1, 0.15) is 83.3 Å². The summed E-state index contributed by atoms with van der Waals surface area (Å²) in [4.78, 5) is 0. The second kappa shape index (κ2) is 12.4. The zero-order valence-corrected chi connectivity index (χ0v) is 24.5. The van der Waals surface area contributed by atoms with Gasteiger partial charge in [-0.05, 0) is 74.4 Å². The van der Waals surface area contributed by atoms with Gasteiger partial charge in [0.05, 0.1) is 0 Å². The van der Waals surface area contributed by atoms with Gasteiger partial charge < -0.3 is 5.11 Å². The molecule has 32 heavy (non-hydrogen) atoms. The molecule has 0 spiro atoms. The van der Waals surface area contributed by atoms with E-state index in [1.54, 1.807) is 0 Å². The number of phenolic OH excluding ortho intramolecular Hbond substituents is 1. The predicted octanol–water partition coefficient (Wildman–Crippen LogP) is 9.38. The highest BCUT2D eigenvalue weighted by molar-refractivity contribution is 9.26. The highest BCUT2D eigenvalue weighted by Gasteiger charge is 2.44. The number of fused-ring (bicyclic) bond motifs is 5. The van der Waals surface area contributed by atoms with Crippen LogP contribution in [0.2, 0.25) is 0 Å². The van der Waals surface area contributed by atoms with Gasteiger partial charge in [-0.3, -0.25) is 0 Å². The third kappa shape index (κ3) is 7.81. The highest BCUT2D eigenvalue weighted by atomic mass is 33.7. The van der Waals surface area contributed by atoms with Crippen LogP contribution in [0.15, 0.2) is 18.2 Å². The average molecular weight is 547 g/mol.